The summed E-state index contributed by atoms with van der Waals surface area (Å²) in [5, 5.41) is 10.7. The van der Waals surface area contributed by atoms with E-state index in [0.29, 0.717) is 0 Å². The fourth-order valence-electron chi connectivity index (χ4n) is 1.54. The highest BCUT2D eigenvalue weighted by atomic mass is 35.5. The summed E-state index contributed by atoms with van der Waals surface area (Å²) in [5.41, 5.74) is 0.528. The highest BCUT2D eigenvalue weighted by molar-refractivity contribution is 7.92. The first-order chi connectivity index (χ1) is 9.79. The first-order valence-corrected chi connectivity index (χ1v) is 7.55. The van der Waals surface area contributed by atoms with Gasteiger partial charge in [-0.05, 0) is 31.2 Å². The van der Waals surface area contributed by atoms with Gasteiger partial charge in [-0.1, -0.05) is 11.6 Å². The standard InChI is InChI=1S/C12H10ClN3O4S/c1-8-2-3-9(7-14-8)15-21(19,20)10-4-5-11(13)12(6-10)16(17)18/h2-7,15H,1H3. The van der Waals surface area contributed by atoms with Crippen LogP contribution >= 0.6 is 11.6 Å². The van der Waals surface area contributed by atoms with Gasteiger partial charge in [0, 0.05) is 11.8 Å². The topological polar surface area (TPSA) is 102 Å². The lowest BCUT2D eigenvalue weighted by molar-refractivity contribution is -0.384. The predicted octanol–water partition coefficient (Wildman–Crippen LogP) is 2.75. The van der Waals surface area contributed by atoms with E-state index in [-0.39, 0.29) is 15.6 Å². The van der Waals surface area contributed by atoms with Gasteiger partial charge in [0.1, 0.15) is 5.02 Å². The second-order valence-electron chi connectivity index (χ2n) is 4.16. The summed E-state index contributed by atoms with van der Waals surface area (Å²) in [4.78, 5) is 13.8. The summed E-state index contributed by atoms with van der Waals surface area (Å²) in [6, 6.07) is 6.46. The van der Waals surface area contributed by atoms with E-state index >= 15 is 0 Å². The average Bonchev–Trinajstić information content (AvgIpc) is 2.41. The second kappa shape index (κ2) is 5.66. The van der Waals surface area contributed by atoms with Gasteiger partial charge < -0.3 is 0 Å². The van der Waals surface area contributed by atoms with Crippen LogP contribution in [-0.2, 0) is 10.0 Å². The van der Waals surface area contributed by atoms with E-state index in [1.807, 2.05) is 0 Å². The fourth-order valence-corrected chi connectivity index (χ4v) is 2.79. The number of benzene rings is 1. The van der Waals surface area contributed by atoms with Crippen LogP contribution in [0.5, 0.6) is 0 Å². The van der Waals surface area contributed by atoms with Crippen LogP contribution < -0.4 is 4.72 Å². The monoisotopic (exact) mass is 327 g/mol. The van der Waals surface area contributed by atoms with E-state index in [9.17, 15) is 18.5 Å². The van der Waals surface area contributed by atoms with Crippen LogP contribution in [0.2, 0.25) is 5.02 Å². The molecule has 0 aliphatic rings. The lowest BCUT2D eigenvalue weighted by Crippen LogP contribution is -2.13. The third kappa shape index (κ3) is 3.47. The molecule has 0 unspecified atom stereocenters. The molecule has 21 heavy (non-hydrogen) atoms. The van der Waals surface area contributed by atoms with Gasteiger partial charge in [0.2, 0.25) is 0 Å². The first kappa shape index (κ1) is 15.2. The number of halogens is 1. The molecule has 0 amide bonds. The summed E-state index contributed by atoms with van der Waals surface area (Å²) in [6.45, 7) is 1.76. The quantitative estimate of drug-likeness (QED) is 0.687. The van der Waals surface area contributed by atoms with Gasteiger partial charge in [-0.15, -0.1) is 0 Å². The van der Waals surface area contributed by atoms with Crippen molar-refractivity contribution in [2.75, 3.05) is 4.72 Å². The molecule has 1 N–H and O–H groups in total. The van der Waals surface area contributed by atoms with Gasteiger partial charge in [-0.2, -0.15) is 0 Å². The zero-order valence-corrected chi connectivity index (χ0v) is 12.4. The highest BCUT2D eigenvalue weighted by Crippen LogP contribution is 2.27. The lowest BCUT2D eigenvalue weighted by Gasteiger charge is -2.08. The van der Waals surface area contributed by atoms with Crippen molar-refractivity contribution < 1.29 is 13.3 Å². The van der Waals surface area contributed by atoms with E-state index in [2.05, 4.69) is 9.71 Å². The molecule has 0 fully saturated rings. The molecule has 0 aliphatic heterocycles. The minimum absolute atomic E-state index is 0.129. The number of aromatic nitrogens is 1. The minimum atomic E-state index is -3.95. The first-order valence-electron chi connectivity index (χ1n) is 5.69. The number of pyridine rings is 1. The Hall–Kier alpha value is -2.19. The molecule has 110 valence electrons. The molecule has 0 radical (unpaired) electrons. The van der Waals surface area contributed by atoms with Crippen LogP contribution in [0.25, 0.3) is 0 Å². The SMILES string of the molecule is Cc1ccc(NS(=O)(=O)c2ccc(Cl)c([N+](=O)[O-])c2)cn1. The van der Waals surface area contributed by atoms with Crippen LogP contribution in [0.1, 0.15) is 5.69 Å². The number of sulfonamides is 1. The van der Waals surface area contributed by atoms with Crippen molar-refractivity contribution in [1.29, 1.82) is 0 Å². The van der Waals surface area contributed by atoms with E-state index in [0.717, 1.165) is 11.8 Å². The Morgan fingerprint density at radius 1 is 1.29 bits per heavy atom. The maximum atomic E-state index is 12.2. The van der Waals surface area contributed by atoms with Crippen molar-refractivity contribution in [3.05, 3.63) is 57.4 Å². The number of rotatable bonds is 4. The summed E-state index contributed by atoms with van der Waals surface area (Å²) >= 11 is 5.65. The van der Waals surface area contributed by atoms with Crippen LogP contribution in [-0.4, -0.2) is 18.3 Å². The van der Waals surface area contributed by atoms with Gasteiger partial charge in [0.15, 0.2) is 0 Å². The number of aryl methyl sites for hydroxylation is 1. The maximum Gasteiger partial charge on any atom is 0.289 e. The molecule has 1 aromatic heterocycles. The van der Waals surface area contributed by atoms with Crippen molar-refractivity contribution in [3.8, 4) is 0 Å². The number of nitrogens with one attached hydrogen (secondary N) is 1. The summed E-state index contributed by atoms with van der Waals surface area (Å²) in [7, 11) is -3.95. The fraction of sp³-hybridized carbons (Fsp3) is 0.0833. The van der Waals surface area contributed by atoms with Gasteiger partial charge >= 0.3 is 0 Å². The Kier molecular flexibility index (Phi) is 4.10. The smallest absolute Gasteiger partial charge is 0.278 e. The van der Waals surface area contributed by atoms with Crippen molar-refractivity contribution >= 4 is 33.0 Å². The zero-order valence-electron chi connectivity index (χ0n) is 10.8. The average molecular weight is 328 g/mol. The molecular formula is C12H10ClN3O4S. The molecule has 2 rings (SSSR count). The predicted molar refractivity (Wildman–Crippen MR) is 77.9 cm³/mol. The van der Waals surface area contributed by atoms with E-state index in [4.69, 9.17) is 11.6 Å². The molecule has 0 aliphatic carbocycles. The van der Waals surface area contributed by atoms with Crippen molar-refractivity contribution in [2.24, 2.45) is 0 Å². The lowest BCUT2D eigenvalue weighted by atomic mass is 10.3. The Labute approximate surface area is 125 Å². The van der Waals surface area contributed by atoms with Crippen LogP contribution in [0.3, 0.4) is 0 Å². The molecular weight excluding hydrogens is 318 g/mol. The van der Waals surface area contributed by atoms with E-state index in [1.165, 1.54) is 18.3 Å². The second-order valence-corrected chi connectivity index (χ2v) is 6.25. The van der Waals surface area contributed by atoms with Gasteiger partial charge in [-0.25, -0.2) is 8.42 Å². The number of anilines is 1. The molecule has 9 heteroatoms. The summed E-state index contributed by atoms with van der Waals surface area (Å²) < 4.78 is 26.6. The molecule has 0 saturated heterocycles. The molecule has 7 nitrogen and oxygen atoms in total. The number of hydrogen-bond acceptors (Lipinski definition) is 5. The number of nitro groups is 1. The molecule has 0 bridgehead atoms. The van der Waals surface area contributed by atoms with Crippen molar-refractivity contribution in [3.63, 3.8) is 0 Å². The molecule has 1 aromatic carbocycles. The van der Waals surface area contributed by atoms with Crippen LogP contribution in [0.15, 0.2) is 41.4 Å². The Morgan fingerprint density at radius 2 is 2.00 bits per heavy atom. The summed E-state index contributed by atoms with van der Waals surface area (Å²) in [6.07, 6.45) is 1.36. The Bertz CT molecular complexity index is 791. The van der Waals surface area contributed by atoms with E-state index in [1.54, 1.807) is 19.1 Å². The molecule has 2 aromatic rings. The minimum Gasteiger partial charge on any atom is -0.278 e. The number of hydrogen-bond donors (Lipinski definition) is 1. The number of nitrogens with zero attached hydrogens (tertiary/aromatic N) is 2. The van der Waals surface area contributed by atoms with Gasteiger partial charge in [0.25, 0.3) is 15.7 Å². The molecule has 1 heterocycles. The normalized spacial score (nSPS) is 11.1. The van der Waals surface area contributed by atoms with E-state index < -0.39 is 20.6 Å². The van der Waals surface area contributed by atoms with Crippen molar-refractivity contribution in [1.82, 2.24) is 4.98 Å². The Balaban J connectivity index is 2.38. The third-order valence-corrected chi connectivity index (χ3v) is 4.29. The van der Waals surface area contributed by atoms with Crippen LogP contribution in [0.4, 0.5) is 11.4 Å². The maximum absolute atomic E-state index is 12.2. The zero-order chi connectivity index (χ0) is 15.6. The summed E-state index contributed by atoms with van der Waals surface area (Å²) in [5.74, 6) is 0. The van der Waals surface area contributed by atoms with Crippen LogP contribution in [0, 0.1) is 17.0 Å². The largest absolute Gasteiger partial charge is 0.289 e. The molecule has 0 atom stereocenters. The number of nitro benzene ring substituents is 1. The Morgan fingerprint density at radius 3 is 2.57 bits per heavy atom. The third-order valence-electron chi connectivity index (χ3n) is 2.59. The molecule has 0 spiro atoms. The molecule has 0 saturated carbocycles. The van der Waals surface area contributed by atoms with Crippen molar-refractivity contribution in [2.45, 2.75) is 11.8 Å². The van der Waals surface area contributed by atoms with Gasteiger partial charge in [-0.3, -0.25) is 19.8 Å². The van der Waals surface area contributed by atoms with Gasteiger partial charge in [0.05, 0.1) is 21.7 Å². The highest BCUT2D eigenvalue weighted by Gasteiger charge is 2.20.